The SMILES string of the molecule is O=C(O)/C=C/c1ccc(-c2ccc(Cl)cc2Cl)[nH]c1=O. The zero-order valence-corrected chi connectivity index (χ0v) is 11.6. The van der Waals surface area contributed by atoms with Gasteiger partial charge in [-0.15, -0.1) is 0 Å². The highest BCUT2D eigenvalue weighted by atomic mass is 35.5. The van der Waals surface area contributed by atoms with E-state index in [2.05, 4.69) is 4.98 Å². The Bertz CT molecular complexity index is 750. The fourth-order valence-corrected chi connectivity index (χ4v) is 2.15. The van der Waals surface area contributed by atoms with Gasteiger partial charge in [-0.2, -0.15) is 0 Å². The van der Waals surface area contributed by atoms with Crippen molar-refractivity contribution in [2.75, 3.05) is 0 Å². The summed E-state index contributed by atoms with van der Waals surface area (Å²) in [7, 11) is 0. The Morgan fingerprint density at radius 2 is 1.95 bits per heavy atom. The Morgan fingerprint density at radius 3 is 2.55 bits per heavy atom. The van der Waals surface area contributed by atoms with Crippen LogP contribution in [-0.4, -0.2) is 16.1 Å². The molecule has 20 heavy (non-hydrogen) atoms. The molecule has 6 heteroatoms. The predicted octanol–water partition coefficient (Wildman–Crippen LogP) is 3.45. The molecule has 2 N–H and O–H groups in total. The van der Waals surface area contributed by atoms with Crippen molar-refractivity contribution in [2.24, 2.45) is 0 Å². The minimum Gasteiger partial charge on any atom is -0.478 e. The van der Waals surface area contributed by atoms with E-state index in [0.29, 0.717) is 21.3 Å². The van der Waals surface area contributed by atoms with Gasteiger partial charge in [0.1, 0.15) is 0 Å². The second-order valence-electron chi connectivity index (χ2n) is 3.95. The van der Waals surface area contributed by atoms with E-state index < -0.39 is 11.5 Å². The van der Waals surface area contributed by atoms with Crippen LogP contribution in [-0.2, 0) is 4.79 Å². The zero-order chi connectivity index (χ0) is 14.7. The van der Waals surface area contributed by atoms with Crippen LogP contribution in [0.2, 0.25) is 10.0 Å². The molecular weight excluding hydrogens is 301 g/mol. The van der Waals surface area contributed by atoms with Gasteiger partial charge in [-0.1, -0.05) is 23.2 Å². The standard InChI is InChI=1S/C14H9Cl2NO3/c15-9-3-4-10(11(16)7-9)12-5-1-8(14(20)17-12)2-6-13(18)19/h1-7H,(H,17,20)(H,18,19)/b6-2+. The molecule has 0 saturated carbocycles. The smallest absolute Gasteiger partial charge is 0.328 e. The van der Waals surface area contributed by atoms with Crippen LogP contribution >= 0.6 is 23.2 Å². The number of carboxylic acid groups (broad SMARTS) is 1. The number of aliphatic carboxylic acids is 1. The lowest BCUT2D eigenvalue weighted by Gasteiger charge is -2.05. The van der Waals surface area contributed by atoms with Crippen molar-refractivity contribution in [3.8, 4) is 11.3 Å². The van der Waals surface area contributed by atoms with Crippen molar-refractivity contribution < 1.29 is 9.90 Å². The summed E-state index contributed by atoms with van der Waals surface area (Å²) in [6.07, 6.45) is 2.13. The van der Waals surface area contributed by atoms with Gasteiger partial charge in [0, 0.05) is 27.9 Å². The van der Waals surface area contributed by atoms with Crippen LogP contribution in [0.25, 0.3) is 17.3 Å². The van der Waals surface area contributed by atoms with Crippen LogP contribution in [0.3, 0.4) is 0 Å². The number of carbonyl (C=O) groups is 1. The third-order valence-corrected chi connectivity index (χ3v) is 3.11. The van der Waals surface area contributed by atoms with Crippen molar-refractivity contribution in [1.29, 1.82) is 0 Å². The van der Waals surface area contributed by atoms with Crippen molar-refractivity contribution >= 4 is 35.2 Å². The fraction of sp³-hybridized carbons (Fsp3) is 0. The number of aromatic nitrogens is 1. The van der Waals surface area contributed by atoms with Crippen LogP contribution in [0.15, 0.2) is 41.2 Å². The molecule has 0 fully saturated rings. The van der Waals surface area contributed by atoms with E-state index in [0.717, 1.165) is 6.08 Å². The molecule has 0 aliphatic rings. The zero-order valence-electron chi connectivity index (χ0n) is 10.1. The van der Waals surface area contributed by atoms with Gasteiger partial charge in [-0.25, -0.2) is 4.79 Å². The largest absolute Gasteiger partial charge is 0.478 e. The van der Waals surface area contributed by atoms with E-state index in [9.17, 15) is 9.59 Å². The molecule has 0 spiro atoms. The van der Waals surface area contributed by atoms with Crippen molar-refractivity contribution in [1.82, 2.24) is 4.98 Å². The minimum atomic E-state index is -1.12. The Labute approximate surface area is 124 Å². The van der Waals surface area contributed by atoms with E-state index >= 15 is 0 Å². The summed E-state index contributed by atoms with van der Waals surface area (Å²) < 4.78 is 0. The normalized spacial score (nSPS) is 10.9. The summed E-state index contributed by atoms with van der Waals surface area (Å²) >= 11 is 11.9. The Kier molecular flexibility index (Phi) is 4.27. The average molecular weight is 310 g/mol. The lowest BCUT2D eigenvalue weighted by atomic mass is 10.1. The molecule has 2 aromatic rings. The number of nitrogens with one attached hydrogen (secondary N) is 1. The van der Waals surface area contributed by atoms with Crippen LogP contribution in [0.1, 0.15) is 5.56 Å². The van der Waals surface area contributed by atoms with Crippen LogP contribution in [0, 0.1) is 0 Å². The molecule has 0 unspecified atom stereocenters. The van der Waals surface area contributed by atoms with Gasteiger partial charge >= 0.3 is 5.97 Å². The number of benzene rings is 1. The van der Waals surface area contributed by atoms with Crippen LogP contribution in [0.5, 0.6) is 0 Å². The first kappa shape index (κ1) is 14.4. The molecule has 102 valence electrons. The topological polar surface area (TPSA) is 70.2 Å². The lowest BCUT2D eigenvalue weighted by Crippen LogP contribution is -2.10. The van der Waals surface area contributed by atoms with E-state index in [-0.39, 0.29) is 5.56 Å². The van der Waals surface area contributed by atoms with Crippen LogP contribution in [0.4, 0.5) is 0 Å². The monoisotopic (exact) mass is 309 g/mol. The molecule has 1 aromatic heterocycles. The average Bonchev–Trinajstić information content (AvgIpc) is 2.37. The maximum atomic E-state index is 11.8. The number of aromatic amines is 1. The third kappa shape index (κ3) is 3.29. The summed E-state index contributed by atoms with van der Waals surface area (Å²) in [5.74, 6) is -1.12. The summed E-state index contributed by atoms with van der Waals surface area (Å²) in [6, 6.07) is 8.12. The van der Waals surface area contributed by atoms with Crippen molar-refractivity contribution in [2.45, 2.75) is 0 Å². The van der Waals surface area contributed by atoms with Gasteiger partial charge < -0.3 is 10.1 Å². The van der Waals surface area contributed by atoms with Gasteiger partial charge in [0.15, 0.2) is 0 Å². The fourth-order valence-electron chi connectivity index (χ4n) is 1.64. The number of hydrogen-bond acceptors (Lipinski definition) is 2. The third-order valence-electron chi connectivity index (χ3n) is 2.57. The number of halogens is 2. The molecule has 2 rings (SSSR count). The Morgan fingerprint density at radius 1 is 1.20 bits per heavy atom. The lowest BCUT2D eigenvalue weighted by molar-refractivity contribution is -0.131. The summed E-state index contributed by atoms with van der Waals surface area (Å²) in [5.41, 5.74) is 1.03. The number of hydrogen-bond donors (Lipinski definition) is 2. The van der Waals surface area contributed by atoms with Crippen LogP contribution < -0.4 is 5.56 Å². The molecule has 4 nitrogen and oxygen atoms in total. The molecule has 0 radical (unpaired) electrons. The number of rotatable bonds is 3. The molecule has 0 bridgehead atoms. The highest BCUT2D eigenvalue weighted by Crippen LogP contribution is 2.28. The molecule has 0 saturated heterocycles. The first-order valence-corrected chi connectivity index (χ1v) is 6.33. The minimum absolute atomic E-state index is 0.251. The highest BCUT2D eigenvalue weighted by Gasteiger charge is 2.06. The number of H-pyrrole nitrogens is 1. The molecule has 0 atom stereocenters. The van der Waals surface area contributed by atoms with E-state index in [4.69, 9.17) is 28.3 Å². The first-order chi connectivity index (χ1) is 9.47. The molecular formula is C14H9Cl2NO3. The summed E-state index contributed by atoms with van der Waals surface area (Å²) in [4.78, 5) is 24.9. The first-order valence-electron chi connectivity index (χ1n) is 5.57. The van der Waals surface area contributed by atoms with E-state index in [1.54, 1.807) is 24.3 Å². The van der Waals surface area contributed by atoms with E-state index in [1.165, 1.54) is 12.1 Å². The molecule has 0 aliphatic heterocycles. The van der Waals surface area contributed by atoms with E-state index in [1.807, 2.05) is 0 Å². The maximum Gasteiger partial charge on any atom is 0.328 e. The molecule has 1 heterocycles. The summed E-state index contributed by atoms with van der Waals surface area (Å²) in [6.45, 7) is 0. The van der Waals surface area contributed by atoms with Gasteiger partial charge in [0.05, 0.1) is 5.02 Å². The summed E-state index contributed by atoms with van der Waals surface area (Å²) in [5, 5.41) is 9.45. The second kappa shape index (κ2) is 5.94. The Balaban J connectivity index is 2.43. The van der Waals surface area contributed by atoms with Gasteiger partial charge in [-0.3, -0.25) is 4.79 Å². The second-order valence-corrected chi connectivity index (χ2v) is 4.80. The van der Waals surface area contributed by atoms with Crippen molar-refractivity contribution in [3.05, 3.63) is 62.4 Å². The highest BCUT2D eigenvalue weighted by molar-refractivity contribution is 6.36. The van der Waals surface area contributed by atoms with Gasteiger partial charge in [0.25, 0.3) is 5.56 Å². The predicted molar refractivity (Wildman–Crippen MR) is 79.2 cm³/mol. The maximum absolute atomic E-state index is 11.8. The number of pyridine rings is 1. The molecule has 0 amide bonds. The molecule has 0 aliphatic carbocycles. The quantitative estimate of drug-likeness (QED) is 0.853. The number of carboxylic acids is 1. The van der Waals surface area contributed by atoms with Gasteiger partial charge in [-0.05, 0) is 36.4 Å². The Hall–Kier alpha value is -2.04. The van der Waals surface area contributed by atoms with Crippen molar-refractivity contribution in [3.63, 3.8) is 0 Å². The molecule has 1 aromatic carbocycles. The van der Waals surface area contributed by atoms with Gasteiger partial charge in [0.2, 0.25) is 0 Å².